The largest absolute Gasteiger partial charge is 0.400 e. The minimum atomic E-state index is 0.393. The summed E-state index contributed by atoms with van der Waals surface area (Å²) in [6.07, 6.45) is 0.988. The molecule has 7 heteroatoms. The number of nitrogens with zero attached hydrogens (tertiary/aromatic N) is 2. The predicted octanol–water partition coefficient (Wildman–Crippen LogP) is 3.70. The fraction of sp³-hybridized carbons (Fsp3) is 0.409. The molecule has 0 spiro atoms. The third kappa shape index (κ3) is 5.08. The van der Waals surface area contributed by atoms with Crippen molar-refractivity contribution in [2.75, 3.05) is 45.8 Å². The average molecular weight is 417 g/mol. The zero-order valence-electron chi connectivity index (χ0n) is 17.2. The second kappa shape index (κ2) is 10.1. The van der Waals surface area contributed by atoms with E-state index >= 15 is 0 Å². The van der Waals surface area contributed by atoms with Gasteiger partial charge in [-0.2, -0.15) is 0 Å². The van der Waals surface area contributed by atoms with Gasteiger partial charge in [0.2, 0.25) is 0 Å². The van der Waals surface area contributed by atoms with E-state index in [1.807, 2.05) is 18.2 Å². The smallest absolute Gasteiger partial charge is 0.138 e. The van der Waals surface area contributed by atoms with Gasteiger partial charge in [0.1, 0.15) is 5.84 Å². The Morgan fingerprint density at radius 2 is 2.00 bits per heavy atom. The van der Waals surface area contributed by atoms with Crippen LogP contribution in [-0.4, -0.2) is 62.3 Å². The van der Waals surface area contributed by atoms with E-state index in [2.05, 4.69) is 40.7 Å². The number of aliphatic imine (C=N–C) groups is 1. The van der Waals surface area contributed by atoms with E-state index in [-0.39, 0.29) is 0 Å². The molecule has 1 unspecified atom stereocenters. The van der Waals surface area contributed by atoms with Crippen molar-refractivity contribution in [1.82, 2.24) is 10.2 Å². The summed E-state index contributed by atoms with van der Waals surface area (Å²) < 4.78 is 5.26. The van der Waals surface area contributed by atoms with Crippen LogP contribution in [0, 0.1) is 6.92 Å². The summed E-state index contributed by atoms with van der Waals surface area (Å²) in [6.45, 7) is 5.64. The monoisotopic (exact) mass is 416 g/mol. The summed E-state index contributed by atoms with van der Waals surface area (Å²) >= 11 is 6.25. The molecule has 6 nitrogen and oxygen atoms in total. The first-order valence-corrected chi connectivity index (χ1v) is 10.2. The number of hydrogen-bond donors (Lipinski definition) is 3. The van der Waals surface area contributed by atoms with E-state index in [4.69, 9.17) is 26.4 Å². The zero-order valence-corrected chi connectivity index (χ0v) is 18.0. The van der Waals surface area contributed by atoms with Crippen molar-refractivity contribution in [3.8, 4) is 0 Å². The summed E-state index contributed by atoms with van der Waals surface area (Å²) in [5.74, 6) is 1.01. The van der Waals surface area contributed by atoms with Gasteiger partial charge in [0, 0.05) is 62.8 Å². The van der Waals surface area contributed by atoms with Gasteiger partial charge < -0.3 is 25.4 Å². The molecule has 0 radical (unpaired) electrons. The number of nitrogens with one attached hydrogen (secondary N) is 2. The van der Waals surface area contributed by atoms with Crippen molar-refractivity contribution in [2.45, 2.75) is 19.4 Å². The van der Waals surface area contributed by atoms with Gasteiger partial charge in [0.05, 0.1) is 11.4 Å². The second-order valence-electron chi connectivity index (χ2n) is 7.15. The molecule has 2 aliphatic heterocycles. The topological polar surface area (TPSA) is 69.1 Å². The molecule has 0 saturated carbocycles. The quantitative estimate of drug-likeness (QED) is 0.711. The lowest BCUT2D eigenvalue weighted by Gasteiger charge is -2.36. The van der Waals surface area contributed by atoms with Gasteiger partial charge >= 0.3 is 0 Å². The van der Waals surface area contributed by atoms with Crippen molar-refractivity contribution in [2.24, 2.45) is 4.99 Å². The number of rotatable bonds is 3. The first kappa shape index (κ1) is 21.6. The van der Waals surface area contributed by atoms with Crippen LogP contribution in [0.4, 0.5) is 17.1 Å². The van der Waals surface area contributed by atoms with Crippen LogP contribution in [0.2, 0.25) is 5.02 Å². The number of amidine groups is 1. The van der Waals surface area contributed by atoms with Gasteiger partial charge in [-0.3, -0.25) is 0 Å². The number of benzene rings is 2. The van der Waals surface area contributed by atoms with Gasteiger partial charge in [0.15, 0.2) is 0 Å². The van der Waals surface area contributed by atoms with Crippen LogP contribution < -0.4 is 10.6 Å². The first-order chi connectivity index (χ1) is 14.1. The molecule has 1 atom stereocenters. The van der Waals surface area contributed by atoms with E-state index in [0.717, 1.165) is 68.2 Å². The molecule has 3 N–H and O–H groups in total. The number of aliphatic hydroxyl groups excluding tert-OH is 1. The summed E-state index contributed by atoms with van der Waals surface area (Å²) in [7, 11) is 2.75. The summed E-state index contributed by atoms with van der Waals surface area (Å²) in [5.41, 5.74) is 5.28. The number of aryl methyl sites for hydroxylation is 1. The lowest BCUT2D eigenvalue weighted by atomic mass is 10.1. The summed E-state index contributed by atoms with van der Waals surface area (Å²) in [6, 6.07) is 12.7. The summed E-state index contributed by atoms with van der Waals surface area (Å²) in [4.78, 5) is 7.44. The number of ether oxygens (including phenoxy) is 1. The molecule has 0 aromatic heterocycles. The normalized spacial score (nSPS) is 17.8. The second-order valence-corrected chi connectivity index (χ2v) is 7.59. The van der Waals surface area contributed by atoms with Crippen LogP contribution in [0.3, 0.4) is 0 Å². The Hall–Kier alpha value is -2.12. The number of fused-ring (bicyclic) bond motifs is 2. The van der Waals surface area contributed by atoms with E-state index in [9.17, 15) is 0 Å². The van der Waals surface area contributed by atoms with Crippen molar-refractivity contribution in [1.29, 1.82) is 0 Å². The molecule has 0 amide bonds. The Bertz CT molecular complexity index is 872. The lowest BCUT2D eigenvalue weighted by molar-refractivity contribution is 0.168. The van der Waals surface area contributed by atoms with Gasteiger partial charge in [-0.05, 0) is 43.7 Å². The van der Waals surface area contributed by atoms with Gasteiger partial charge in [0.25, 0.3) is 0 Å². The maximum Gasteiger partial charge on any atom is 0.138 e. The third-order valence-corrected chi connectivity index (χ3v) is 5.33. The molecule has 2 aromatic carbocycles. The van der Waals surface area contributed by atoms with Crippen LogP contribution in [0.15, 0.2) is 41.4 Å². The Labute approximate surface area is 177 Å². The number of hydrogen-bond acceptors (Lipinski definition) is 6. The molecular formula is C22H29ClN4O2. The molecule has 29 heavy (non-hydrogen) atoms. The molecule has 1 saturated heterocycles. The number of methoxy groups -OCH3 is 1. The Balaban J connectivity index is 0.00000117. The van der Waals surface area contributed by atoms with Crippen molar-refractivity contribution in [3.63, 3.8) is 0 Å². The molecule has 4 rings (SSSR count). The van der Waals surface area contributed by atoms with E-state index in [0.29, 0.717) is 11.1 Å². The number of anilines is 2. The SMILES string of the molecule is CO.COCCC1CN(C2=Nc3cc(Cl)ccc3Nc3ccc(C)cc32)CCN1. The first-order valence-electron chi connectivity index (χ1n) is 9.82. The Morgan fingerprint density at radius 1 is 1.21 bits per heavy atom. The minimum absolute atomic E-state index is 0.393. The molecule has 1 fully saturated rings. The maximum atomic E-state index is 7.00. The van der Waals surface area contributed by atoms with Gasteiger partial charge in [-0.15, -0.1) is 0 Å². The predicted molar refractivity (Wildman–Crippen MR) is 120 cm³/mol. The van der Waals surface area contributed by atoms with E-state index in [1.54, 1.807) is 7.11 Å². The summed E-state index contributed by atoms with van der Waals surface area (Å²) in [5, 5.41) is 14.8. The fourth-order valence-electron chi connectivity index (χ4n) is 3.69. The number of aliphatic hydroxyl groups is 1. The van der Waals surface area contributed by atoms with E-state index in [1.165, 1.54) is 5.56 Å². The third-order valence-electron chi connectivity index (χ3n) is 5.10. The van der Waals surface area contributed by atoms with Gasteiger partial charge in [-0.25, -0.2) is 4.99 Å². The highest BCUT2D eigenvalue weighted by Crippen LogP contribution is 2.37. The van der Waals surface area contributed by atoms with Crippen molar-refractivity contribution < 1.29 is 9.84 Å². The molecule has 156 valence electrons. The van der Waals surface area contributed by atoms with E-state index < -0.39 is 0 Å². The molecule has 0 bridgehead atoms. The molecular weight excluding hydrogens is 388 g/mol. The van der Waals surface area contributed by atoms with Crippen molar-refractivity contribution >= 4 is 34.5 Å². The fourth-order valence-corrected chi connectivity index (χ4v) is 3.85. The Morgan fingerprint density at radius 3 is 2.79 bits per heavy atom. The zero-order chi connectivity index (χ0) is 20.8. The van der Waals surface area contributed by atoms with Crippen LogP contribution in [0.1, 0.15) is 17.5 Å². The lowest BCUT2D eigenvalue weighted by Crippen LogP contribution is -2.53. The highest BCUT2D eigenvalue weighted by molar-refractivity contribution is 6.31. The standard InChI is InChI=1S/C21H25ClN4O.CH4O/c1-14-3-5-18-17(11-14)21(25-20-12-15(22)4-6-19(20)24-18)26-9-8-23-16(13-26)7-10-27-2;1-2/h3-6,11-12,16,23-24H,7-10,13H2,1-2H3;2H,1H3. The Kier molecular flexibility index (Phi) is 7.50. The van der Waals surface area contributed by atoms with Crippen molar-refractivity contribution in [3.05, 3.63) is 52.5 Å². The molecule has 2 heterocycles. The molecule has 2 aliphatic rings. The molecule has 0 aliphatic carbocycles. The van der Waals surface area contributed by atoms with Gasteiger partial charge in [-0.1, -0.05) is 23.2 Å². The highest BCUT2D eigenvalue weighted by atomic mass is 35.5. The molecule has 2 aromatic rings. The average Bonchev–Trinajstić information content (AvgIpc) is 2.90. The maximum absolute atomic E-state index is 7.00. The number of halogens is 1. The highest BCUT2D eigenvalue weighted by Gasteiger charge is 2.26. The van der Waals surface area contributed by atoms with Crippen LogP contribution in [0.5, 0.6) is 0 Å². The minimum Gasteiger partial charge on any atom is -0.400 e. The van der Waals surface area contributed by atoms with Crippen LogP contribution >= 0.6 is 11.6 Å². The van der Waals surface area contributed by atoms with Crippen LogP contribution in [-0.2, 0) is 4.74 Å². The van der Waals surface area contributed by atoms with Crippen LogP contribution in [0.25, 0.3) is 0 Å². The number of piperazine rings is 1.